The van der Waals surface area contributed by atoms with Gasteiger partial charge in [-0.25, -0.2) is 13.8 Å². The van der Waals surface area contributed by atoms with Crippen LogP contribution in [0.5, 0.6) is 0 Å². The summed E-state index contributed by atoms with van der Waals surface area (Å²) in [5, 5.41) is 2.94. The smallest absolute Gasteiger partial charge is 0.224 e. The molecule has 7 heteroatoms. The number of aryl methyl sites for hydroxylation is 1. The summed E-state index contributed by atoms with van der Waals surface area (Å²) in [6.45, 7) is 0. The van der Waals surface area contributed by atoms with Crippen molar-refractivity contribution in [2.45, 2.75) is 12.8 Å². The quantitative estimate of drug-likeness (QED) is 0.706. The van der Waals surface area contributed by atoms with Gasteiger partial charge < -0.3 is 9.73 Å². The lowest BCUT2D eigenvalue weighted by molar-refractivity contribution is -0.116. The van der Waals surface area contributed by atoms with Gasteiger partial charge in [0.15, 0.2) is 11.7 Å². The van der Waals surface area contributed by atoms with E-state index in [1.165, 1.54) is 0 Å². The Kier molecular flexibility index (Phi) is 5.09. The molecule has 3 aromatic rings. The number of amides is 1. The molecule has 1 heterocycles. The van der Waals surface area contributed by atoms with E-state index < -0.39 is 17.5 Å². The molecule has 4 nitrogen and oxygen atoms in total. The Morgan fingerprint density at radius 3 is 2.68 bits per heavy atom. The number of nitrogens with one attached hydrogen (secondary N) is 1. The Morgan fingerprint density at radius 2 is 1.92 bits per heavy atom. The van der Waals surface area contributed by atoms with Crippen LogP contribution in [0, 0.1) is 11.6 Å². The van der Waals surface area contributed by atoms with Crippen LogP contribution in [-0.4, -0.2) is 10.9 Å². The highest BCUT2D eigenvalue weighted by Gasteiger charge is 2.11. The number of carbonyl (C=O) groups is 1. The first-order valence-corrected chi connectivity index (χ1v) is 7.84. The Balaban J connectivity index is 1.59. The summed E-state index contributed by atoms with van der Waals surface area (Å²) in [7, 11) is 0. The predicted octanol–water partition coefficient (Wildman–Crippen LogP) is 4.84. The van der Waals surface area contributed by atoms with Crippen molar-refractivity contribution >= 4 is 23.2 Å². The monoisotopic (exact) mass is 362 g/mol. The van der Waals surface area contributed by atoms with Crippen molar-refractivity contribution < 1.29 is 18.0 Å². The third kappa shape index (κ3) is 4.42. The molecule has 25 heavy (non-hydrogen) atoms. The molecule has 1 N–H and O–H groups in total. The number of oxazole rings is 1. The first-order valence-electron chi connectivity index (χ1n) is 7.47. The van der Waals surface area contributed by atoms with Crippen LogP contribution in [0.3, 0.4) is 0 Å². The Morgan fingerprint density at radius 1 is 1.16 bits per heavy atom. The van der Waals surface area contributed by atoms with Gasteiger partial charge in [0.05, 0.1) is 11.9 Å². The Hall–Kier alpha value is -2.73. The molecule has 0 aliphatic rings. The summed E-state index contributed by atoms with van der Waals surface area (Å²) >= 11 is 5.84. The molecule has 0 radical (unpaired) electrons. The summed E-state index contributed by atoms with van der Waals surface area (Å²) in [4.78, 5) is 16.0. The second-order valence-corrected chi connectivity index (χ2v) is 5.73. The molecule has 0 unspecified atom stereocenters. The third-order valence-corrected chi connectivity index (χ3v) is 3.70. The molecular formula is C18H13ClF2N2O2. The summed E-state index contributed by atoms with van der Waals surface area (Å²) in [5.41, 5.74) is 0.619. The van der Waals surface area contributed by atoms with E-state index in [1.54, 1.807) is 30.5 Å². The topological polar surface area (TPSA) is 55.1 Å². The van der Waals surface area contributed by atoms with E-state index >= 15 is 0 Å². The average molecular weight is 363 g/mol. The van der Waals surface area contributed by atoms with Gasteiger partial charge in [0, 0.05) is 29.5 Å². The molecule has 2 aromatic carbocycles. The maximum atomic E-state index is 13.5. The number of hydrogen-bond donors (Lipinski definition) is 1. The fourth-order valence-corrected chi connectivity index (χ4v) is 2.33. The van der Waals surface area contributed by atoms with E-state index in [9.17, 15) is 13.6 Å². The average Bonchev–Trinajstić information content (AvgIpc) is 3.06. The Labute approximate surface area is 147 Å². The summed E-state index contributed by atoms with van der Waals surface area (Å²) in [6, 6.07) is 9.93. The number of nitrogens with zero attached hydrogens (tertiary/aromatic N) is 1. The van der Waals surface area contributed by atoms with E-state index in [0.29, 0.717) is 16.7 Å². The van der Waals surface area contributed by atoms with E-state index in [-0.39, 0.29) is 18.5 Å². The second kappa shape index (κ2) is 7.44. The fraction of sp³-hybridized carbons (Fsp3) is 0.111. The van der Waals surface area contributed by atoms with E-state index in [4.69, 9.17) is 16.0 Å². The third-order valence-electron chi connectivity index (χ3n) is 3.45. The van der Waals surface area contributed by atoms with Crippen LogP contribution in [0.25, 0.3) is 11.3 Å². The van der Waals surface area contributed by atoms with E-state index in [0.717, 1.165) is 23.8 Å². The molecule has 1 amide bonds. The molecule has 0 spiro atoms. The Bertz CT molecular complexity index is 894. The SMILES string of the molecule is O=C(CCc1ncc(-c2ccc(Cl)cc2)o1)Nc1cc(F)ccc1F. The van der Waals surface area contributed by atoms with Crippen molar-refractivity contribution in [2.24, 2.45) is 0 Å². The summed E-state index contributed by atoms with van der Waals surface area (Å²) in [6.07, 6.45) is 1.82. The molecule has 1 aromatic heterocycles. The predicted molar refractivity (Wildman–Crippen MR) is 90.3 cm³/mol. The zero-order chi connectivity index (χ0) is 17.8. The van der Waals surface area contributed by atoms with Crippen molar-refractivity contribution in [1.82, 2.24) is 4.98 Å². The second-order valence-electron chi connectivity index (χ2n) is 5.30. The van der Waals surface area contributed by atoms with Crippen LogP contribution in [0.15, 0.2) is 53.1 Å². The van der Waals surface area contributed by atoms with Crippen LogP contribution in [0.2, 0.25) is 5.02 Å². The zero-order valence-electron chi connectivity index (χ0n) is 12.9. The minimum Gasteiger partial charge on any atom is -0.441 e. The molecular weight excluding hydrogens is 350 g/mol. The normalized spacial score (nSPS) is 10.7. The molecule has 0 aliphatic heterocycles. The van der Waals surface area contributed by atoms with E-state index in [1.807, 2.05) is 0 Å². The standard InChI is InChI=1S/C18H13ClF2N2O2/c19-12-3-1-11(2-4-12)16-10-22-18(25-16)8-7-17(24)23-15-9-13(20)5-6-14(15)21/h1-6,9-10H,7-8H2,(H,23,24). The minimum absolute atomic E-state index is 0.0243. The highest BCUT2D eigenvalue weighted by molar-refractivity contribution is 6.30. The highest BCUT2D eigenvalue weighted by atomic mass is 35.5. The molecule has 0 saturated heterocycles. The number of carbonyl (C=O) groups excluding carboxylic acids is 1. The summed E-state index contributed by atoms with van der Waals surface area (Å²) < 4.78 is 32.2. The number of aromatic nitrogens is 1. The number of hydrogen-bond acceptors (Lipinski definition) is 3. The van der Waals surface area contributed by atoms with Gasteiger partial charge in [-0.15, -0.1) is 0 Å². The van der Waals surface area contributed by atoms with Crippen molar-refractivity contribution in [3.05, 3.63) is 71.2 Å². The molecule has 128 valence electrons. The van der Waals surface area contributed by atoms with Gasteiger partial charge in [0.1, 0.15) is 11.6 Å². The van der Waals surface area contributed by atoms with Crippen molar-refractivity contribution in [3.8, 4) is 11.3 Å². The zero-order valence-corrected chi connectivity index (χ0v) is 13.7. The van der Waals surface area contributed by atoms with Crippen LogP contribution in [0.1, 0.15) is 12.3 Å². The van der Waals surface area contributed by atoms with Crippen LogP contribution in [0.4, 0.5) is 14.5 Å². The molecule has 0 bridgehead atoms. The maximum Gasteiger partial charge on any atom is 0.224 e. The van der Waals surface area contributed by atoms with Gasteiger partial charge in [0.2, 0.25) is 5.91 Å². The fourth-order valence-electron chi connectivity index (χ4n) is 2.20. The van der Waals surface area contributed by atoms with Gasteiger partial charge in [-0.2, -0.15) is 0 Å². The van der Waals surface area contributed by atoms with Gasteiger partial charge >= 0.3 is 0 Å². The van der Waals surface area contributed by atoms with Crippen LogP contribution in [-0.2, 0) is 11.2 Å². The first-order chi connectivity index (χ1) is 12.0. The van der Waals surface area contributed by atoms with Crippen LogP contribution < -0.4 is 5.32 Å². The van der Waals surface area contributed by atoms with Gasteiger partial charge in [-0.05, 0) is 36.4 Å². The van der Waals surface area contributed by atoms with Crippen molar-refractivity contribution in [1.29, 1.82) is 0 Å². The molecule has 0 aliphatic carbocycles. The summed E-state index contributed by atoms with van der Waals surface area (Å²) in [5.74, 6) is -0.855. The van der Waals surface area contributed by atoms with E-state index in [2.05, 4.69) is 10.3 Å². The lowest BCUT2D eigenvalue weighted by Gasteiger charge is -2.05. The number of rotatable bonds is 5. The molecule has 0 fully saturated rings. The lowest BCUT2D eigenvalue weighted by atomic mass is 10.2. The minimum atomic E-state index is -0.698. The molecule has 3 rings (SSSR count). The lowest BCUT2D eigenvalue weighted by Crippen LogP contribution is -2.13. The van der Waals surface area contributed by atoms with Gasteiger partial charge in [-0.1, -0.05) is 11.6 Å². The van der Waals surface area contributed by atoms with Crippen molar-refractivity contribution in [2.75, 3.05) is 5.32 Å². The molecule has 0 atom stereocenters. The van der Waals surface area contributed by atoms with Gasteiger partial charge in [0.25, 0.3) is 0 Å². The number of anilines is 1. The van der Waals surface area contributed by atoms with Crippen LogP contribution >= 0.6 is 11.6 Å². The highest BCUT2D eigenvalue weighted by Crippen LogP contribution is 2.23. The molecule has 0 saturated carbocycles. The largest absolute Gasteiger partial charge is 0.441 e. The van der Waals surface area contributed by atoms with Gasteiger partial charge in [-0.3, -0.25) is 4.79 Å². The first kappa shape index (κ1) is 17.1. The maximum absolute atomic E-state index is 13.5. The van der Waals surface area contributed by atoms with Crippen molar-refractivity contribution in [3.63, 3.8) is 0 Å². The number of halogens is 3. The number of benzene rings is 2.